The fraction of sp³-hybridized carbons (Fsp3) is 0.148. The third-order valence-corrected chi connectivity index (χ3v) is 6.16. The van der Waals surface area contributed by atoms with Crippen LogP contribution in [0.5, 0.6) is 11.5 Å². The molecule has 8 heteroatoms. The molecule has 2 aliphatic heterocycles. The summed E-state index contributed by atoms with van der Waals surface area (Å²) in [7, 11) is 0. The van der Waals surface area contributed by atoms with Crippen LogP contribution in [0.4, 0.5) is 10.5 Å². The summed E-state index contributed by atoms with van der Waals surface area (Å²) >= 11 is 0. The van der Waals surface area contributed by atoms with Gasteiger partial charge in [-0.05, 0) is 37.6 Å². The summed E-state index contributed by atoms with van der Waals surface area (Å²) in [6.07, 6.45) is 0. The summed E-state index contributed by atoms with van der Waals surface area (Å²) in [5.74, 6) is 2.07. The van der Waals surface area contributed by atoms with Gasteiger partial charge in [-0.1, -0.05) is 59.3 Å². The van der Waals surface area contributed by atoms with E-state index in [-0.39, 0.29) is 12.8 Å². The van der Waals surface area contributed by atoms with Gasteiger partial charge in [0, 0.05) is 17.3 Å². The molecule has 3 aromatic carbocycles. The molecule has 8 nitrogen and oxygen atoms in total. The van der Waals surface area contributed by atoms with Crippen LogP contribution in [-0.2, 0) is 0 Å². The van der Waals surface area contributed by atoms with E-state index >= 15 is 0 Å². The van der Waals surface area contributed by atoms with Crippen LogP contribution >= 0.6 is 0 Å². The molecule has 0 aliphatic carbocycles. The molecule has 174 valence electrons. The zero-order chi connectivity index (χ0) is 23.9. The number of nitrogens with zero attached hydrogens (tertiary/aromatic N) is 3. The number of urea groups is 1. The Morgan fingerprint density at radius 1 is 0.943 bits per heavy atom. The number of fused-ring (bicyclic) bond motifs is 1. The van der Waals surface area contributed by atoms with Crippen molar-refractivity contribution in [3.05, 3.63) is 95.5 Å². The molecular weight excluding hydrogens is 444 g/mol. The van der Waals surface area contributed by atoms with Crippen LogP contribution in [0.15, 0.2) is 83.0 Å². The molecule has 1 aromatic heterocycles. The highest BCUT2D eigenvalue weighted by Crippen LogP contribution is 2.42. The number of aromatic nitrogens is 2. The van der Waals surface area contributed by atoms with E-state index in [1.54, 1.807) is 17.0 Å². The largest absolute Gasteiger partial charge is 0.454 e. The zero-order valence-corrected chi connectivity index (χ0v) is 19.2. The normalized spacial score (nSPS) is 17.0. The Morgan fingerprint density at radius 2 is 1.77 bits per heavy atom. The third kappa shape index (κ3) is 3.69. The minimum atomic E-state index is -0.459. The summed E-state index contributed by atoms with van der Waals surface area (Å²) < 4.78 is 16.7. The van der Waals surface area contributed by atoms with Crippen LogP contribution in [0.2, 0.25) is 0 Å². The lowest BCUT2D eigenvalue weighted by Gasteiger charge is -2.35. The molecule has 1 atom stereocenters. The van der Waals surface area contributed by atoms with Crippen LogP contribution in [0.3, 0.4) is 0 Å². The van der Waals surface area contributed by atoms with Crippen molar-refractivity contribution in [3.63, 3.8) is 0 Å². The van der Waals surface area contributed by atoms with Gasteiger partial charge in [-0.25, -0.2) is 4.79 Å². The second kappa shape index (κ2) is 8.32. The van der Waals surface area contributed by atoms with Crippen molar-refractivity contribution in [1.82, 2.24) is 15.5 Å². The summed E-state index contributed by atoms with van der Waals surface area (Å²) in [5.41, 5.74) is 4.93. The Hall–Kier alpha value is -4.59. The Kier molecular flexibility index (Phi) is 4.99. The average Bonchev–Trinajstić information content (AvgIpc) is 3.54. The molecule has 0 radical (unpaired) electrons. The molecule has 2 aliphatic rings. The predicted molar refractivity (Wildman–Crippen MR) is 130 cm³/mol. The van der Waals surface area contributed by atoms with E-state index in [2.05, 4.69) is 10.5 Å². The van der Waals surface area contributed by atoms with Crippen molar-refractivity contribution in [2.45, 2.75) is 19.9 Å². The maximum Gasteiger partial charge on any atom is 0.327 e. The van der Waals surface area contributed by atoms with E-state index in [4.69, 9.17) is 19.0 Å². The van der Waals surface area contributed by atoms with Gasteiger partial charge in [-0.15, -0.1) is 0 Å². The second-order valence-electron chi connectivity index (χ2n) is 8.46. The fourth-order valence-corrected chi connectivity index (χ4v) is 4.49. The molecule has 6 rings (SSSR count). The van der Waals surface area contributed by atoms with Crippen LogP contribution in [0.1, 0.15) is 30.0 Å². The van der Waals surface area contributed by atoms with E-state index in [1.165, 1.54) is 0 Å². The Balaban J connectivity index is 1.49. The number of aryl methyl sites for hydroxylation is 1. The first-order chi connectivity index (χ1) is 17.1. The molecule has 2 amide bonds. The van der Waals surface area contributed by atoms with E-state index in [1.807, 2.05) is 74.5 Å². The first-order valence-corrected chi connectivity index (χ1v) is 11.3. The minimum Gasteiger partial charge on any atom is -0.454 e. The number of anilines is 1. The van der Waals surface area contributed by atoms with Gasteiger partial charge in [0.1, 0.15) is 0 Å². The van der Waals surface area contributed by atoms with Gasteiger partial charge in [0.15, 0.2) is 11.5 Å². The molecule has 1 unspecified atom stereocenters. The number of ether oxygens (including phenoxy) is 2. The lowest BCUT2D eigenvalue weighted by Crippen LogP contribution is -2.46. The molecule has 0 saturated heterocycles. The number of allylic oxidation sites excluding steroid dienone is 1. The highest BCUT2D eigenvalue weighted by Gasteiger charge is 2.37. The number of hydrogen-bond acceptors (Lipinski definition) is 6. The molecule has 0 saturated carbocycles. The molecular formula is C27H22N4O4. The number of benzene rings is 3. The summed E-state index contributed by atoms with van der Waals surface area (Å²) in [6, 6.07) is 22.3. The number of nitrogens with one attached hydrogen (secondary N) is 1. The summed E-state index contributed by atoms with van der Waals surface area (Å²) in [4.78, 5) is 19.7. The smallest absolute Gasteiger partial charge is 0.327 e. The summed E-state index contributed by atoms with van der Waals surface area (Å²) in [6.45, 7) is 4.05. The quantitative estimate of drug-likeness (QED) is 0.429. The number of carbonyl (C=O) groups excluding carboxylic acids is 1. The topological polar surface area (TPSA) is 89.7 Å². The predicted octanol–water partition coefficient (Wildman–Crippen LogP) is 5.48. The van der Waals surface area contributed by atoms with Crippen LogP contribution in [0, 0.1) is 6.92 Å². The lowest BCUT2D eigenvalue weighted by atomic mass is 9.94. The van der Waals surface area contributed by atoms with Crippen molar-refractivity contribution >= 4 is 17.3 Å². The van der Waals surface area contributed by atoms with E-state index in [0.717, 1.165) is 22.3 Å². The maximum atomic E-state index is 13.4. The number of hydrogen-bond donors (Lipinski definition) is 1. The van der Waals surface area contributed by atoms with Crippen molar-refractivity contribution in [2.75, 3.05) is 11.7 Å². The van der Waals surface area contributed by atoms with Gasteiger partial charge >= 0.3 is 6.03 Å². The molecule has 0 bridgehead atoms. The fourth-order valence-electron chi connectivity index (χ4n) is 4.49. The lowest BCUT2D eigenvalue weighted by molar-refractivity contribution is 0.174. The van der Waals surface area contributed by atoms with Gasteiger partial charge in [0.25, 0.3) is 5.89 Å². The Bertz CT molecular complexity index is 1460. The molecule has 0 spiro atoms. The third-order valence-electron chi connectivity index (χ3n) is 6.16. The first-order valence-electron chi connectivity index (χ1n) is 11.3. The first kappa shape index (κ1) is 21.0. The van der Waals surface area contributed by atoms with Crippen molar-refractivity contribution < 1.29 is 18.8 Å². The van der Waals surface area contributed by atoms with Gasteiger partial charge < -0.3 is 19.3 Å². The molecule has 4 aromatic rings. The molecule has 0 fully saturated rings. The highest BCUT2D eigenvalue weighted by molar-refractivity contribution is 6.01. The zero-order valence-electron chi connectivity index (χ0n) is 19.2. The van der Waals surface area contributed by atoms with Crippen molar-refractivity contribution in [2.24, 2.45) is 0 Å². The van der Waals surface area contributed by atoms with Crippen molar-refractivity contribution in [1.29, 1.82) is 0 Å². The van der Waals surface area contributed by atoms with Gasteiger partial charge in [0.2, 0.25) is 12.6 Å². The minimum absolute atomic E-state index is 0.158. The van der Waals surface area contributed by atoms with Gasteiger partial charge in [-0.3, -0.25) is 4.90 Å². The van der Waals surface area contributed by atoms with Crippen LogP contribution in [-0.4, -0.2) is 23.0 Å². The summed E-state index contributed by atoms with van der Waals surface area (Å²) in [5, 5.41) is 7.36. The van der Waals surface area contributed by atoms with E-state index in [9.17, 15) is 4.79 Å². The van der Waals surface area contributed by atoms with Crippen LogP contribution < -0.4 is 19.7 Å². The standard InChI is InChI=1S/C27H22N4O4/c1-16-7-6-10-19(13-16)25-29-26(35-30-25)23-17(2)31(20-11-12-21-22(14-20)34-15-33-21)27(32)28-24(23)18-8-4-3-5-9-18/h3-14,24H,15H2,1-2H3,(H,28,32). The van der Waals surface area contributed by atoms with Gasteiger partial charge in [0.05, 0.1) is 17.3 Å². The number of amides is 2. The molecule has 3 heterocycles. The van der Waals surface area contributed by atoms with Gasteiger partial charge in [-0.2, -0.15) is 4.98 Å². The molecule has 1 N–H and O–H groups in total. The number of carbonyl (C=O) groups is 1. The number of rotatable bonds is 4. The van der Waals surface area contributed by atoms with E-state index in [0.29, 0.717) is 34.6 Å². The monoisotopic (exact) mass is 466 g/mol. The maximum absolute atomic E-state index is 13.4. The Labute approximate surface area is 201 Å². The van der Waals surface area contributed by atoms with E-state index < -0.39 is 6.04 Å². The van der Waals surface area contributed by atoms with Crippen LogP contribution in [0.25, 0.3) is 17.0 Å². The highest BCUT2D eigenvalue weighted by atomic mass is 16.7. The van der Waals surface area contributed by atoms with Crippen molar-refractivity contribution in [3.8, 4) is 22.9 Å². The second-order valence-corrected chi connectivity index (χ2v) is 8.46. The Morgan fingerprint density at radius 3 is 2.60 bits per heavy atom. The molecule has 35 heavy (non-hydrogen) atoms. The average molecular weight is 466 g/mol. The SMILES string of the molecule is CC1=C(c2nc(-c3cccc(C)c3)no2)C(c2ccccc2)NC(=O)N1c1ccc2c(c1)OCO2.